The fourth-order valence-corrected chi connectivity index (χ4v) is 17.3. The lowest BCUT2D eigenvalue weighted by Crippen LogP contribution is -2.50. The molecule has 35 nitrogen and oxygen atoms in total. The average molecular weight is 2020 g/mol. The summed E-state index contributed by atoms with van der Waals surface area (Å²) in [6.45, 7) is 30.8. The Hall–Kier alpha value is -13.4. The number of aryl methyl sites for hydroxylation is 4. The van der Waals surface area contributed by atoms with Gasteiger partial charge in [0.05, 0.1) is 67.4 Å². The van der Waals surface area contributed by atoms with Gasteiger partial charge in [-0.2, -0.15) is 8.42 Å². The van der Waals surface area contributed by atoms with Crippen LogP contribution in [-0.2, 0) is 119 Å². The highest BCUT2D eigenvalue weighted by Crippen LogP contribution is 2.31. The number of aromatic nitrogens is 4. The van der Waals surface area contributed by atoms with Crippen LogP contribution in [0.5, 0.6) is 0 Å². The SMILES string of the molecule is CC(=O)OC(C)(C)C.CCc1csc([C@@H](N)Cc2ccc([N+](=O)[O-])cc2)n1.CCc1csc([C@H](Cc2ccc(NS(=O)(=O)O)cc2)NC(=O)[C@H](Cc2ccccc2)NC(=O)OC(C)(C)C)n1.CCc1csc([C@H](Cc2ccc([N+](=O)[O-])cc2)NC(=O)[C@H](Cc2ccccc2)NC(=O)OC(C)(C)C)n1.CCc1csc([C@H](Cc2ccc([N+](=O)[O-])cc2)NC(=O)[C@H](Cc2ccccc2)NC(=O)OC(C)(C)C)n1. The van der Waals surface area contributed by atoms with Gasteiger partial charge in [0.1, 0.15) is 60.6 Å². The van der Waals surface area contributed by atoms with Crippen molar-refractivity contribution >= 4 is 120 Å². The van der Waals surface area contributed by atoms with Gasteiger partial charge in [-0.3, -0.25) is 58.8 Å². The largest absolute Gasteiger partial charge is 0.460 e. The van der Waals surface area contributed by atoms with Gasteiger partial charge in [-0.05, 0) is 186 Å². The summed E-state index contributed by atoms with van der Waals surface area (Å²) < 4.78 is 54.2. The van der Waals surface area contributed by atoms with E-state index in [1.54, 1.807) is 122 Å². The Labute approximate surface area is 832 Å². The molecule has 0 saturated heterocycles. The van der Waals surface area contributed by atoms with Crippen molar-refractivity contribution in [3.8, 4) is 0 Å². The molecule has 0 saturated carbocycles. The van der Waals surface area contributed by atoms with Crippen LogP contribution in [0, 0.1) is 30.3 Å². The van der Waals surface area contributed by atoms with Crippen molar-refractivity contribution in [2.45, 2.75) is 253 Å². The third kappa shape index (κ3) is 42.5. The topological polar surface area (TPSA) is 502 Å². The minimum atomic E-state index is -4.39. The molecule has 0 radical (unpaired) electrons. The third-order valence-electron chi connectivity index (χ3n) is 19.6. The summed E-state index contributed by atoms with van der Waals surface area (Å²) in [5.74, 6) is -1.38. The number of alkyl carbamates (subject to hydrolysis) is 3. The van der Waals surface area contributed by atoms with E-state index in [-0.39, 0.29) is 71.4 Å². The van der Waals surface area contributed by atoms with Crippen LogP contribution >= 0.6 is 45.3 Å². The number of amides is 6. The summed E-state index contributed by atoms with van der Waals surface area (Å²) in [6, 6.07) is 49.2. The molecule has 4 heterocycles. The van der Waals surface area contributed by atoms with Crippen molar-refractivity contribution in [2.24, 2.45) is 5.73 Å². The minimum absolute atomic E-state index is 0.00339. The molecule has 0 spiro atoms. The van der Waals surface area contributed by atoms with Crippen LogP contribution in [0.1, 0.15) is 224 Å². The number of nitrogens with zero attached hydrogens (tertiary/aromatic N) is 7. The lowest BCUT2D eigenvalue weighted by molar-refractivity contribution is -0.385. The molecular weight excluding hydrogens is 1890 g/mol. The molecule has 0 aliphatic heterocycles. The minimum Gasteiger partial charge on any atom is -0.460 e. The van der Waals surface area contributed by atoms with Gasteiger partial charge in [0.2, 0.25) is 17.7 Å². The Morgan fingerprint density at radius 2 is 0.593 bits per heavy atom. The number of nitro benzene ring substituents is 3. The van der Waals surface area contributed by atoms with Crippen molar-refractivity contribution < 1.29 is 80.2 Å². The number of hydrogen-bond donors (Lipinski definition) is 9. The lowest BCUT2D eigenvalue weighted by Gasteiger charge is -2.25. The molecule has 0 unspecified atom stereocenters. The van der Waals surface area contributed by atoms with Crippen molar-refractivity contribution in [2.75, 3.05) is 4.72 Å². The molecule has 11 rings (SSSR count). The first-order chi connectivity index (χ1) is 65.9. The first-order valence-electron chi connectivity index (χ1n) is 45.2. The van der Waals surface area contributed by atoms with E-state index in [4.69, 9.17) is 29.2 Å². The summed E-state index contributed by atoms with van der Waals surface area (Å²) in [7, 11) is -4.39. The average Bonchev–Trinajstić information content (AvgIpc) is 1.59. The summed E-state index contributed by atoms with van der Waals surface area (Å²) in [5, 5.41) is 60.8. The molecule has 0 bridgehead atoms. The first-order valence-corrected chi connectivity index (χ1v) is 50.1. The van der Waals surface area contributed by atoms with Crippen molar-refractivity contribution in [1.29, 1.82) is 0 Å². The number of ether oxygens (including phenoxy) is 4. The number of esters is 1. The van der Waals surface area contributed by atoms with Crippen LogP contribution in [0.2, 0.25) is 0 Å². The van der Waals surface area contributed by atoms with E-state index in [0.29, 0.717) is 30.7 Å². The normalized spacial score (nSPS) is 12.8. The second kappa shape index (κ2) is 54.3. The van der Waals surface area contributed by atoms with Gasteiger partial charge in [-0.1, -0.05) is 167 Å². The maximum atomic E-state index is 13.6. The monoisotopic (exact) mass is 2020 g/mol. The highest BCUT2D eigenvalue weighted by molar-refractivity contribution is 7.87. The Morgan fingerprint density at radius 1 is 0.357 bits per heavy atom. The molecule has 6 amide bonds. The van der Waals surface area contributed by atoms with E-state index < -0.39 is 102 Å². The molecule has 10 N–H and O–H groups in total. The second-order valence-electron chi connectivity index (χ2n) is 36.1. The molecule has 140 heavy (non-hydrogen) atoms. The standard InChI is InChI=1S/C27H34N4O6S2.2C27H32N4O5S.C13H15N3O2S.C6H12O2/c1-5-20-17-38-25(28-20)23(16-19-11-13-21(14-12-19)31-39(34,35)36)29-24(32)22(15-18-9-7-6-8-10-18)30-26(33)37-27(2,3)4;2*1-5-20-17-37-25(28-20)23(16-19-11-13-21(14-12-19)31(34)35)29-24(32)22(15-18-9-7-6-8-10-18)30-26(33)36-27(2,3)4;1-2-10-8-19-13(15-10)12(14)7-9-3-5-11(6-4-9)16(17)18;1-5(7)8-6(2,3)4/h6-14,17,22-23,31H,5,15-16H2,1-4H3,(H,29,32)(H,30,33)(H,34,35,36);2*6-14,17,22-23H,5,15-16H2,1-4H3,(H,29,32)(H,30,33);3-6,8,12H,2,7,14H2,1H3;1-4H3/t3*22-,23-;12-;/m0000./s1. The number of anilines is 1. The van der Waals surface area contributed by atoms with Crippen LogP contribution in [0.3, 0.4) is 0 Å². The van der Waals surface area contributed by atoms with Crippen molar-refractivity contribution in [1.82, 2.24) is 51.8 Å². The Kier molecular flexibility index (Phi) is 44.0. The van der Waals surface area contributed by atoms with E-state index in [1.807, 2.05) is 159 Å². The van der Waals surface area contributed by atoms with Gasteiger partial charge < -0.3 is 56.6 Å². The third-order valence-corrected chi connectivity index (χ3v) is 24.2. The maximum Gasteiger partial charge on any atom is 0.408 e. The Bertz CT molecular complexity index is 5760. The zero-order chi connectivity index (χ0) is 103. The van der Waals surface area contributed by atoms with Crippen molar-refractivity contribution in [3.63, 3.8) is 0 Å². The van der Waals surface area contributed by atoms with Gasteiger partial charge in [0.15, 0.2) is 0 Å². The number of hydrogen-bond acceptors (Lipinski definition) is 28. The summed E-state index contributed by atoms with van der Waals surface area (Å²) in [4.78, 5) is 138. The van der Waals surface area contributed by atoms with Gasteiger partial charge in [-0.15, -0.1) is 45.3 Å². The zero-order valence-corrected chi connectivity index (χ0v) is 85.6. The fraction of sp³-hybridized carbons (Fsp3) is 0.390. The lowest BCUT2D eigenvalue weighted by atomic mass is 10.0. The van der Waals surface area contributed by atoms with Crippen LogP contribution in [0.4, 0.5) is 37.1 Å². The smallest absolute Gasteiger partial charge is 0.408 e. The first kappa shape index (κ1) is 114. The molecule has 40 heteroatoms. The number of carbonyl (C=O) groups is 7. The van der Waals surface area contributed by atoms with Crippen LogP contribution in [0.15, 0.2) is 210 Å². The molecular formula is C100H125N15O20S5. The Morgan fingerprint density at radius 3 is 0.814 bits per heavy atom. The number of thiazole rings is 4. The van der Waals surface area contributed by atoms with Crippen LogP contribution in [0.25, 0.3) is 0 Å². The summed E-state index contributed by atoms with van der Waals surface area (Å²) in [6.07, 6.45) is 3.65. The van der Waals surface area contributed by atoms with E-state index in [0.717, 1.165) is 102 Å². The molecule has 0 aliphatic carbocycles. The van der Waals surface area contributed by atoms with E-state index in [2.05, 4.69) is 58.8 Å². The van der Waals surface area contributed by atoms with E-state index in [1.165, 1.54) is 89.5 Å². The summed E-state index contributed by atoms with van der Waals surface area (Å²) >= 11 is 5.88. The number of non-ortho nitro benzene ring substituents is 3. The Balaban J connectivity index is 0.000000252. The highest BCUT2D eigenvalue weighted by atomic mass is 32.2. The number of nitrogens with one attached hydrogen (secondary N) is 7. The zero-order valence-electron chi connectivity index (χ0n) is 81.5. The van der Waals surface area contributed by atoms with Gasteiger partial charge in [0.25, 0.3) is 17.1 Å². The molecule has 0 aliphatic rings. The number of carbonyl (C=O) groups excluding carboxylic acids is 7. The van der Waals surface area contributed by atoms with Gasteiger partial charge >= 0.3 is 34.6 Å². The molecule has 7 aromatic carbocycles. The van der Waals surface area contributed by atoms with Crippen molar-refractivity contribution in [3.05, 3.63) is 322 Å². The van der Waals surface area contributed by atoms with Crippen LogP contribution in [-0.4, -0.2) is 130 Å². The fourth-order valence-electron chi connectivity index (χ4n) is 13.1. The quantitative estimate of drug-likeness (QED) is 0.00579. The number of rotatable bonds is 36. The molecule has 7 atom stereocenters. The number of nitrogens with two attached hydrogens (primary N) is 1. The van der Waals surface area contributed by atoms with Gasteiger partial charge in [0, 0.05) is 84.1 Å². The number of nitro groups is 3. The predicted octanol–water partition coefficient (Wildman–Crippen LogP) is 19.0. The van der Waals surface area contributed by atoms with Gasteiger partial charge in [-0.25, -0.2) is 34.3 Å². The van der Waals surface area contributed by atoms with E-state index in [9.17, 15) is 72.3 Å². The number of benzene rings is 7. The summed E-state index contributed by atoms with van der Waals surface area (Å²) in [5.41, 5.74) is 13.7. The van der Waals surface area contributed by atoms with E-state index >= 15 is 0 Å². The highest BCUT2D eigenvalue weighted by Gasteiger charge is 2.33. The molecule has 750 valence electrons. The molecule has 4 aromatic heterocycles. The second-order valence-corrected chi connectivity index (χ2v) is 40.9. The maximum absolute atomic E-state index is 13.6. The van der Waals surface area contributed by atoms with Crippen LogP contribution < -0.4 is 42.4 Å². The molecule has 0 fully saturated rings. The molecule has 11 aromatic rings. The predicted molar refractivity (Wildman–Crippen MR) is 543 cm³/mol.